The van der Waals surface area contributed by atoms with Crippen molar-refractivity contribution in [1.29, 1.82) is 0 Å². The van der Waals surface area contributed by atoms with Crippen molar-refractivity contribution in [2.75, 3.05) is 31.1 Å². The van der Waals surface area contributed by atoms with Crippen LogP contribution >= 0.6 is 34.8 Å². The summed E-state index contributed by atoms with van der Waals surface area (Å²) >= 11 is 18.5. The van der Waals surface area contributed by atoms with Gasteiger partial charge < -0.3 is 19.2 Å². The molecule has 164 valence electrons. The average molecular weight is 506 g/mol. The van der Waals surface area contributed by atoms with Crippen molar-refractivity contribution in [3.63, 3.8) is 0 Å². The highest BCUT2D eigenvalue weighted by Gasteiger charge is 2.31. The van der Waals surface area contributed by atoms with Gasteiger partial charge in [-0.05, 0) is 30.3 Å². The number of halogens is 3. The number of fused-ring (bicyclic) bond motifs is 1. The van der Waals surface area contributed by atoms with E-state index in [9.17, 15) is 13.2 Å². The van der Waals surface area contributed by atoms with E-state index in [1.165, 1.54) is 28.6 Å². The molecular weight excluding hydrogens is 491 g/mol. The van der Waals surface area contributed by atoms with Crippen molar-refractivity contribution in [2.24, 2.45) is 0 Å². The quantitative estimate of drug-likeness (QED) is 0.500. The van der Waals surface area contributed by atoms with Gasteiger partial charge in [0.2, 0.25) is 10.0 Å². The maximum atomic E-state index is 13.0. The molecule has 12 heteroatoms. The molecule has 1 aromatic heterocycles. The van der Waals surface area contributed by atoms with E-state index in [2.05, 4.69) is 4.74 Å². The molecule has 2 aromatic carbocycles. The molecule has 0 aliphatic carbocycles. The summed E-state index contributed by atoms with van der Waals surface area (Å²) in [5, 5.41) is 9.98. The third-order valence-corrected chi connectivity index (χ3v) is 7.88. The average Bonchev–Trinajstić information content (AvgIpc) is 3.13. The molecule has 0 spiro atoms. The minimum Gasteiger partial charge on any atom is -0.449 e. The van der Waals surface area contributed by atoms with Crippen LogP contribution in [0.3, 0.4) is 0 Å². The Labute approximate surface area is 192 Å². The lowest BCUT2D eigenvalue weighted by atomic mass is 10.2. The third kappa shape index (κ3) is 4.28. The lowest BCUT2D eigenvalue weighted by Gasteiger charge is -2.36. The second-order valence-corrected chi connectivity index (χ2v) is 9.84. The molecule has 1 aliphatic heterocycles. The zero-order valence-electron chi connectivity index (χ0n) is 15.7. The molecule has 1 saturated heterocycles. The van der Waals surface area contributed by atoms with Crippen LogP contribution in [0.2, 0.25) is 15.1 Å². The fourth-order valence-electron chi connectivity index (χ4n) is 3.41. The molecule has 1 N–H and O–H groups in total. The third-order valence-electron chi connectivity index (χ3n) is 4.87. The normalized spacial score (nSPS) is 15.4. The summed E-state index contributed by atoms with van der Waals surface area (Å²) in [5.41, 5.74) is 1.05. The van der Waals surface area contributed by atoms with Crippen LogP contribution in [0.4, 0.5) is 10.5 Å². The Bertz CT molecular complexity index is 1270. The van der Waals surface area contributed by atoms with Crippen LogP contribution in [0.1, 0.15) is 0 Å². The summed E-state index contributed by atoms with van der Waals surface area (Å²) in [6.45, 7) is 1.22. The van der Waals surface area contributed by atoms with Crippen molar-refractivity contribution in [1.82, 2.24) is 4.31 Å². The molecule has 0 unspecified atom stereocenters. The first kappa shape index (κ1) is 22.0. The van der Waals surface area contributed by atoms with Gasteiger partial charge in [0.1, 0.15) is 10.5 Å². The minimum atomic E-state index is -3.80. The Kier molecular flexibility index (Phi) is 5.97. The minimum absolute atomic E-state index is 0.0288. The number of rotatable bonds is 4. The maximum Gasteiger partial charge on any atom is 0.513 e. The number of carboxylic acid groups (broad SMARTS) is 1. The van der Waals surface area contributed by atoms with Crippen molar-refractivity contribution < 1.29 is 27.5 Å². The van der Waals surface area contributed by atoms with Crippen LogP contribution in [-0.2, 0) is 10.0 Å². The Morgan fingerprint density at radius 2 is 1.74 bits per heavy atom. The number of hydrogen-bond acceptors (Lipinski definition) is 6. The van der Waals surface area contributed by atoms with Crippen LogP contribution in [0, 0.1) is 0 Å². The highest BCUT2D eigenvalue weighted by Crippen LogP contribution is 2.38. The number of nitrogens with zero attached hydrogens (tertiary/aromatic N) is 2. The zero-order chi connectivity index (χ0) is 22.3. The van der Waals surface area contributed by atoms with Gasteiger partial charge >= 0.3 is 6.16 Å². The first-order chi connectivity index (χ1) is 14.7. The van der Waals surface area contributed by atoms with E-state index in [4.69, 9.17) is 44.3 Å². The summed E-state index contributed by atoms with van der Waals surface area (Å²) in [4.78, 5) is 12.6. The first-order valence-electron chi connectivity index (χ1n) is 9.00. The molecule has 8 nitrogen and oxygen atoms in total. The molecule has 1 aliphatic rings. The van der Waals surface area contributed by atoms with Gasteiger partial charge in [-0.3, -0.25) is 0 Å². The van der Waals surface area contributed by atoms with Gasteiger partial charge in [-0.1, -0.05) is 34.8 Å². The van der Waals surface area contributed by atoms with Gasteiger partial charge in [-0.15, -0.1) is 0 Å². The van der Waals surface area contributed by atoms with Gasteiger partial charge in [0.25, 0.3) is 5.95 Å². The molecule has 0 radical (unpaired) electrons. The van der Waals surface area contributed by atoms with E-state index in [1.54, 1.807) is 12.1 Å². The molecular formula is C19H15Cl3N2O6S. The van der Waals surface area contributed by atoms with Crippen LogP contribution < -0.4 is 9.64 Å². The van der Waals surface area contributed by atoms with Crippen molar-refractivity contribution in [3.8, 4) is 5.95 Å². The molecule has 4 rings (SSSR count). The molecule has 0 amide bonds. The summed E-state index contributed by atoms with van der Waals surface area (Å²) in [6.07, 6.45) is -1.49. The highest BCUT2D eigenvalue weighted by molar-refractivity contribution is 7.89. The number of anilines is 1. The topological polar surface area (TPSA) is 100 Å². The molecule has 0 saturated carbocycles. The molecule has 0 atom stereocenters. The lowest BCUT2D eigenvalue weighted by molar-refractivity contribution is 0.134. The van der Waals surface area contributed by atoms with Gasteiger partial charge in [-0.25, -0.2) is 13.2 Å². The van der Waals surface area contributed by atoms with Gasteiger partial charge in [-0.2, -0.15) is 4.31 Å². The number of benzene rings is 2. The van der Waals surface area contributed by atoms with Crippen molar-refractivity contribution in [3.05, 3.63) is 51.5 Å². The molecule has 3 aromatic rings. The molecule has 31 heavy (non-hydrogen) atoms. The number of sulfonamides is 1. The maximum absolute atomic E-state index is 13.0. The van der Waals surface area contributed by atoms with E-state index < -0.39 is 16.2 Å². The van der Waals surface area contributed by atoms with Crippen molar-refractivity contribution >= 4 is 67.6 Å². The highest BCUT2D eigenvalue weighted by atomic mass is 35.5. The summed E-state index contributed by atoms with van der Waals surface area (Å²) < 4.78 is 37.2. The largest absolute Gasteiger partial charge is 0.513 e. The SMILES string of the molecule is O=C(O)Oc1cc2c(Cl)c(N3CCN(S(=O)(=O)c4cc(Cl)ccc4Cl)CC3)ccc2o1. The number of furan rings is 1. The Balaban J connectivity index is 1.54. The molecule has 2 heterocycles. The number of carbonyl (C=O) groups is 1. The number of hydrogen-bond donors (Lipinski definition) is 1. The lowest BCUT2D eigenvalue weighted by Crippen LogP contribution is -2.48. The Morgan fingerprint density at radius 1 is 1.03 bits per heavy atom. The monoisotopic (exact) mass is 504 g/mol. The predicted molar refractivity (Wildman–Crippen MR) is 117 cm³/mol. The fourth-order valence-corrected chi connectivity index (χ4v) is 5.90. The van der Waals surface area contributed by atoms with Gasteiger partial charge in [0.05, 0.1) is 15.7 Å². The Morgan fingerprint density at radius 3 is 2.42 bits per heavy atom. The second kappa shape index (κ2) is 8.40. The number of piperazine rings is 1. The van der Waals surface area contributed by atoms with Crippen LogP contribution in [-0.4, -0.2) is 50.2 Å². The van der Waals surface area contributed by atoms with Crippen LogP contribution in [0.25, 0.3) is 11.0 Å². The fraction of sp³-hybridized carbons (Fsp3) is 0.211. The molecule has 0 bridgehead atoms. The Hall–Kier alpha value is -2.17. The predicted octanol–water partition coefficient (Wildman–Crippen LogP) is 4.96. The smallest absolute Gasteiger partial charge is 0.449 e. The summed E-state index contributed by atoms with van der Waals surface area (Å²) in [7, 11) is -3.80. The second-order valence-electron chi connectivity index (χ2n) is 6.71. The zero-order valence-corrected chi connectivity index (χ0v) is 18.8. The van der Waals surface area contributed by atoms with E-state index >= 15 is 0 Å². The van der Waals surface area contributed by atoms with Gasteiger partial charge in [0.15, 0.2) is 0 Å². The standard InChI is InChI=1S/C19H15Cl3N2O6S/c20-11-1-2-13(21)16(9-11)31(27,28)24-7-5-23(6-8-24)14-3-4-15-12(18(14)22)10-17(29-15)30-19(25)26/h1-4,9-10H,5-8H2,(H,25,26). The van der Waals surface area contributed by atoms with E-state index in [-0.39, 0.29) is 34.0 Å². The first-order valence-corrected chi connectivity index (χ1v) is 11.6. The van der Waals surface area contributed by atoms with Gasteiger partial charge in [0, 0.05) is 42.7 Å². The van der Waals surface area contributed by atoms with Crippen LogP contribution in [0.15, 0.2) is 45.7 Å². The number of ether oxygens (including phenoxy) is 1. The van der Waals surface area contributed by atoms with E-state index in [0.29, 0.717) is 34.8 Å². The van der Waals surface area contributed by atoms with Crippen molar-refractivity contribution in [2.45, 2.75) is 4.90 Å². The van der Waals surface area contributed by atoms with Crippen LogP contribution in [0.5, 0.6) is 5.95 Å². The summed E-state index contributed by atoms with van der Waals surface area (Å²) in [6, 6.07) is 9.11. The van der Waals surface area contributed by atoms with E-state index in [0.717, 1.165) is 0 Å². The molecule has 1 fully saturated rings. The van der Waals surface area contributed by atoms with E-state index in [1.807, 2.05) is 4.90 Å². The summed E-state index contributed by atoms with van der Waals surface area (Å²) in [5.74, 6) is -0.184.